The summed E-state index contributed by atoms with van der Waals surface area (Å²) < 4.78 is 1.03. The minimum atomic E-state index is 0.199. The Hall–Kier alpha value is -0.650. The van der Waals surface area contributed by atoms with Crippen LogP contribution in [-0.4, -0.2) is 16.0 Å². The molecule has 4 heteroatoms. The zero-order valence-electron chi connectivity index (χ0n) is 6.79. The van der Waals surface area contributed by atoms with Gasteiger partial charge in [0.1, 0.15) is 0 Å². The molecule has 0 aliphatic rings. The molecule has 1 aromatic rings. The fourth-order valence-corrected chi connectivity index (χ4v) is 0.928. The van der Waals surface area contributed by atoms with E-state index in [9.17, 15) is 0 Å². The summed E-state index contributed by atoms with van der Waals surface area (Å²) >= 11 is 2.17. The predicted molar refractivity (Wildman–Crippen MR) is 58.0 cm³/mol. The average Bonchev–Trinajstić information content (AvgIpc) is 2.09. The molecule has 1 atom stereocenters. The summed E-state index contributed by atoms with van der Waals surface area (Å²) in [6.07, 6.45) is 5.35. The molecule has 0 bridgehead atoms. The lowest BCUT2D eigenvalue weighted by Gasteiger charge is -2.07. The summed E-state index contributed by atoms with van der Waals surface area (Å²) in [4.78, 5) is 8.18. The fourth-order valence-electron chi connectivity index (χ4n) is 0.649. The molecule has 1 heterocycles. The molecule has 1 aromatic heterocycles. The van der Waals surface area contributed by atoms with Gasteiger partial charge < -0.3 is 5.32 Å². The Bertz CT molecular complexity index is 258. The van der Waals surface area contributed by atoms with Crippen molar-refractivity contribution in [3.63, 3.8) is 0 Å². The molecule has 1 N–H and O–H groups in total. The van der Waals surface area contributed by atoms with Gasteiger partial charge in [0.15, 0.2) is 0 Å². The van der Waals surface area contributed by atoms with Gasteiger partial charge in [-0.05, 0) is 29.5 Å². The SMILES string of the molecule is C=CC(C)Nc1ncc(I)cn1. The molecule has 0 aliphatic heterocycles. The van der Waals surface area contributed by atoms with E-state index in [4.69, 9.17) is 0 Å². The van der Waals surface area contributed by atoms with Gasteiger partial charge in [-0.15, -0.1) is 6.58 Å². The molecule has 0 aromatic carbocycles. The number of hydrogen-bond acceptors (Lipinski definition) is 3. The zero-order chi connectivity index (χ0) is 8.97. The van der Waals surface area contributed by atoms with E-state index in [0.29, 0.717) is 5.95 Å². The second-order valence-electron chi connectivity index (χ2n) is 2.39. The summed E-state index contributed by atoms with van der Waals surface area (Å²) in [5, 5.41) is 3.08. The Labute approximate surface area is 85.5 Å². The highest BCUT2D eigenvalue weighted by molar-refractivity contribution is 14.1. The quantitative estimate of drug-likeness (QED) is 0.678. The van der Waals surface area contributed by atoms with Crippen molar-refractivity contribution in [2.75, 3.05) is 5.32 Å². The van der Waals surface area contributed by atoms with Crippen molar-refractivity contribution in [1.29, 1.82) is 0 Å². The van der Waals surface area contributed by atoms with Crippen LogP contribution in [0.4, 0.5) is 5.95 Å². The molecule has 0 saturated carbocycles. The highest BCUT2D eigenvalue weighted by Crippen LogP contribution is 2.03. The molecular formula is C8H10IN3. The van der Waals surface area contributed by atoms with Crippen LogP contribution in [0.1, 0.15) is 6.92 Å². The van der Waals surface area contributed by atoms with Crippen LogP contribution in [0.25, 0.3) is 0 Å². The van der Waals surface area contributed by atoms with Gasteiger partial charge in [-0.2, -0.15) is 0 Å². The Morgan fingerprint density at radius 2 is 2.17 bits per heavy atom. The van der Waals surface area contributed by atoms with Crippen LogP contribution in [0.15, 0.2) is 25.0 Å². The van der Waals surface area contributed by atoms with Crippen LogP contribution in [0.3, 0.4) is 0 Å². The molecule has 1 rings (SSSR count). The maximum Gasteiger partial charge on any atom is 0.223 e. The van der Waals surface area contributed by atoms with Gasteiger partial charge >= 0.3 is 0 Å². The maximum atomic E-state index is 4.09. The smallest absolute Gasteiger partial charge is 0.223 e. The van der Waals surface area contributed by atoms with Gasteiger partial charge in [-0.1, -0.05) is 6.08 Å². The molecule has 0 amide bonds. The second-order valence-corrected chi connectivity index (χ2v) is 3.64. The number of nitrogens with zero attached hydrogens (tertiary/aromatic N) is 2. The third-order valence-corrected chi connectivity index (χ3v) is 1.89. The molecule has 0 aliphatic carbocycles. The van der Waals surface area contributed by atoms with Crippen molar-refractivity contribution in [2.24, 2.45) is 0 Å². The van der Waals surface area contributed by atoms with Gasteiger partial charge in [0.05, 0.1) is 0 Å². The van der Waals surface area contributed by atoms with Gasteiger partial charge in [-0.25, -0.2) is 9.97 Å². The summed E-state index contributed by atoms with van der Waals surface area (Å²) in [7, 11) is 0. The largest absolute Gasteiger partial charge is 0.348 e. The standard InChI is InChI=1S/C8H10IN3/c1-3-6(2)12-8-10-4-7(9)5-11-8/h3-6H,1H2,2H3,(H,10,11,12). The summed E-state index contributed by atoms with van der Waals surface area (Å²) in [6.45, 7) is 5.65. The zero-order valence-corrected chi connectivity index (χ0v) is 8.95. The molecule has 1 unspecified atom stereocenters. The van der Waals surface area contributed by atoms with Crippen LogP contribution < -0.4 is 5.32 Å². The van der Waals surface area contributed by atoms with Gasteiger partial charge in [-0.3, -0.25) is 0 Å². The maximum absolute atomic E-state index is 4.09. The van der Waals surface area contributed by atoms with Crippen LogP contribution in [0, 0.1) is 3.57 Å². The Morgan fingerprint density at radius 3 is 2.67 bits per heavy atom. The van der Waals surface area contributed by atoms with Crippen molar-refractivity contribution in [2.45, 2.75) is 13.0 Å². The molecule has 64 valence electrons. The van der Waals surface area contributed by atoms with Crippen molar-refractivity contribution in [3.8, 4) is 0 Å². The van der Waals surface area contributed by atoms with E-state index >= 15 is 0 Å². The van der Waals surface area contributed by atoms with E-state index in [1.165, 1.54) is 0 Å². The van der Waals surface area contributed by atoms with Crippen molar-refractivity contribution >= 4 is 28.5 Å². The van der Waals surface area contributed by atoms with E-state index in [1.54, 1.807) is 18.5 Å². The minimum absolute atomic E-state index is 0.199. The van der Waals surface area contributed by atoms with Crippen molar-refractivity contribution < 1.29 is 0 Å². The first-order valence-electron chi connectivity index (χ1n) is 3.59. The molecule has 12 heavy (non-hydrogen) atoms. The van der Waals surface area contributed by atoms with Crippen LogP contribution in [-0.2, 0) is 0 Å². The topological polar surface area (TPSA) is 37.8 Å². The number of rotatable bonds is 3. The van der Waals surface area contributed by atoms with Crippen molar-refractivity contribution in [1.82, 2.24) is 9.97 Å². The number of halogens is 1. The van der Waals surface area contributed by atoms with Gasteiger partial charge in [0.2, 0.25) is 5.95 Å². The van der Waals surface area contributed by atoms with Gasteiger partial charge in [0.25, 0.3) is 0 Å². The first-order valence-corrected chi connectivity index (χ1v) is 4.67. The molecule has 0 saturated heterocycles. The number of hydrogen-bond donors (Lipinski definition) is 1. The lowest BCUT2D eigenvalue weighted by molar-refractivity contribution is 0.955. The minimum Gasteiger partial charge on any atom is -0.348 e. The Balaban J connectivity index is 2.64. The predicted octanol–water partition coefficient (Wildman–Crippen LogP) is 2.07. The van der Waals surface area contributed by atoms with Crippen LogP contribution in [0.5, 0.6) is 0 Å². The average molecular weight is 275 g/mol. The summed E-state index contributed by atoms with van der Waals surface area (Å²) in [5.41, 5.74) is 0. The monoisotopic (exact) mass is 275 g/mol. The second kappa shape index (κ2) is 4.39. The normalized spacial score (nSPS) is 12.2. The van der Waals surface area contributed by atoms with E-state index in [0.717, 1.165) is 3.57 Å². The third kappa shape index (κ3) is 2.77. The molecule has 0 radical (unpaired) electrons. The molecular weight excluding hydrogens is 265 g/mol. The van der Waals surface area contributed by atoms with Crippen LogP contribution in [0.2, 0.25) is 0 Å². The summed E-state index contributed by atoms with van der Waals surface area (Å²) in [6, 6.07) is 0.199. The highest BCUT2D eigenvalue weighted by atomic mass is 127. The number of nitrogens with one attached hydrogen (secondary N) is 1. The molecule has 0 fully saturated rings. The third-order valence-electron chi connectivity index (χ3n) is 1.33. The van der Waals surface area contributed by atoms with E-state index in [1.807, 2.05) is 6.92 Å². The first kappa shape index (κ1) is 9.44. The van der Waals surface area contributed by atoms with Crippen molar-refractivity contribution in [3.05, 3.63) is 28.6 Å². The molecule has 0 spiro atoms. The van der Waals surface area contributed by atoms with E-state index in [2.05, 4.69) is 44.5 Å². The number of aromatic nitrogens is 2. The van der Waals surface area contributed by atoms with Crippen LogP contribution >= 0.6 is 22.6 Å². The Kier molecular flexibility index (Phi) is 3.46. The summed E-state index contributed by atoms with van der Waals surface area (Å²) in [5.74, 6) is 0.641. The lowest BCUT2D eigenvalue weighted by Crippen LogP contribution is -2.13. The van der Waals surface area contributed by atoms with Gasteiger partial charge in [0, 0.05) is 22.0 Å². The lowest BCUT2D eigenvalue weighted by atomic mass is 10.3. The number of anilines is 1. The van der Waals surface area contributed by atoms with E-state index in [-0.39, 0.29) is 6.04 Å². The van der Waals surface area contributed by atoms with E-state index < -0.39 is 0 Å². The first-order chi connectivity index (χ1) is 5.72. The molecule has 3 nitrogen and oxygen atoms in total. The Morgan fingerprint density at radius 1 is 1.58 bits per heavy atom. The highest BCUT2D eigenvalue weighted by Gasteiger charge is 1.97. The fraction of sp³-hybridized carbons (Fsp3) is 0.250.